The molecule has 0 aliphatic carbocycles. The number of unbranched alkanes of at least 4 members (excludes halogenated alkanes) is 1. The van der Waals surface area contributed by atoms with E-state index in [2.05, 4.69) is 17.1 Å². The van der Waals surface area contributed by atoms with Gasteiger partial charge in [0, 0.05) is 19.1 Å². The molecule has 0 saturated carbocycles. The summed E-state index contributed by atoms with van der Waals surface area (Å²) in [6.07, 6.45) is 7.19. The van der Waals surface area contributed by atoms with Crippen LogP contribution >= 0.6 is 0 Å². The quantitative estimate of drug-likeness (QED) is 0.794. The molecule has 0 radical (unpaired) electrons. The van der Waals surface area contributed by atoms with Crippen LogP contribution in [-0.2, 0) is 4.74 Å². The Bertz CT molecular complexity index is 392. The van der Waals surface area contributed by atoms with E-state index in [0.29, 0.717) is 12.0 Å². The number of rotatable bonds is 6. The zero-order valence-corrected chi connectivity index (χ0v) is 16.9. The van der Waals surface area contributed by atoms with Gasteiger partial charge >= 0.3 is 6.09 Å². The Balaban J connectivity index is 1.59. The van der Waals surface area contributed by atoms with Gasteiger partial charge in [0.25, 0.3) is 0 Å². The van der Waals surface area contributed by atoms with Crippen LogP contribution in [0.2, 0.25) is 0 Å². The van der Waals surface area contributed by atoms with Crippen molar-refractivity contribution in [3.63, 3.8) is 0 Å². The van der Waals surface area contributed by atoms with Crippen molar-refractivity contribution in [2.45, 2.75) is 77.9 Å². The monoisotopic (exact) mass is 353 g/mol. The largest absolute Gasteiger partial charge is 0.444 e. The molecule has 0 unspecified atom stereocenters. The molecular weight excluding hydrogens is 314 g/mol. The molecule has 2 rings (SSSR count). The number of amides is 1. The number of likely N-dealkylation sites (tertiary alicyclic amines) is 2. The minimum atomic E-state index is -0.401. The molecule has 1 N–H and O–H groups in total. The van der Waals surface area contributed by atoms with Gasteiger partial charge in [0.15, 0.2) is 0 Å². The summed E-state index contributed by atoms with van der Waals surface area (Å²) >= 11 is 0. The van der Waals surface area contributed by atoms with Crippen molar-refractivity contribution in [2.75, 3.05) is 39.3 Å². The lowest BCUT2D eigenvalue weighted by Gasteiger charge is -2.36. The van der Waals surface area contributed by atoms with Crippen LogP contribution in [0.15, 0.2) is 0 Å². The molecule has 146 valence electrons. The fraction of sp³-hybridized carbons (Fsp3) is 0.950. The number of piperidine rings is 2. The Morgan fingerprint density at radius 2 is 1.72 bits per heavy atom. The average molecular weight is 354 g/mol. The van der Waals surface area contributed by atoms with E-state index in [9.17, 15) is 4.79 Å². The smallest absolute Gasteiger partial charge is 0.410 e. The van der Waals surface area contributed by atoms with Crippen molar-refractivity contribution in [3.8, 4) is 0 Å². The third kappa shape index (κ3) is 7.53. The van der Waals surface area contributed by atoms with E-state index in [1.165, 1.54) is 45.3 Å². The first-order valence-corrected chi connectivity index (χ1v) is 10.3. The summed E-state index contributed by atoms with van der Waals surface area (Å²) in [5.74, 6) is 0.691. The van der Waals surface area contributed by atoms with Gasteiger partial charge < -0.3 is 19.9 Å². The number of ether oxygens (including phenoxy) is 1. The molecule has 0 aromatic heterocycles. The van der Waals surface area contributed by atoms with E-state index in [-0.39, 0.29) is 6.09 Å². The van der Waals surface area contributed by atoms with Crippen molar-refractivity contribution in [1.82, 2.24) is 15.1 Å². The maximum Gasteiger partial charge on any atom is 0.410 e. The topological polar surface area (TPSA) is 44.8 Å². The number of nitrogens with zero attached hydrogens (tertiary/aromatic N) is 2. The normalized spacial score (nSPS) is 21.5. The van der Waals surface area contributed by atoms with Crippen molar-refractivity contribution >= 4 is 6.09 Å². The Morgan fingerprint density at radius 1 is 1.08 bits per heavy atom. The highest BCUT2D eigenvalue weighted by atomic mass is 16.6. The Kier molecular flexibility index (Phi) is 8.01. The zero-order valence-electron chi connectivity index (χ0n) is 16.9. The van der Waals surface area contributed by atoms with Gasteiger partial charge in [-0.1, -0.05) is 13.3 Å². The van der Waals surface area contributed by atoms with Gasteiger partial charge in [-0.25, -0.2) is 4.79 Å². The summed E-state index contributed by atoms with van der Waals surface area (Å²) in [5, 5.41) is 3.79. The fourth-order valence-corrected chi connectivity index (χ4v) is 3.72. The Morgan fingerprint density at radius 3 is 2.28 bits per heavy atom. The maximum atomic E-state index is 12.1. The Hall–Kier alpha value is -0.810. The third-order valence-electron chi connectivity index (χ3n) is 5.38. The number of carbonyl (C=O) groups excluding carboxylic acids is 1. The molecule has 25 heavy (non-hydrogen) atoms. The minimum Gasteiger partial charge on any atom is -0.444 e. The lowest BCUT2D eigenvalue weighted by atomic mass is 9.95. The first-order chi connectivity index (χ1) is 11.9. The predicted molar refractivity (Wildman–Crippen MR) is 103 cm³/mol. The summed E-state index contributed by atoms with van der Waals surface area (Å²) in [4.78, 5) is 16.6. The zero-order chi connectivity index (χ0) is 18.3. The summed E-state index contributed by atoms with van der Waals surface area (Å²) in [6, 6.07) is 0.682. The standard InChI is InChI=1S/C20H39N3O2/c1-5-6-11-22-12-9-18(10-13-22)21-16-17-7-14-23(15-8-17)19(24)25-20(2,3)4/h17-18,21H,5-16H2,1-4H3. The summed E-state index contributed by atoms with van der Waals surface area (Å²) in [7, 11) is 0. The van der Waals surface area contributed by atoms with Gasteiger partial charge in [-0.05, 0) is 85.0 Å². The maximum absolute atomic E-state index is 12.1. The van der Waals surface area contributed by atoms with E-state index in [4.69, 9.17) is 4.74 Å². The fourth-order valence-electron chi connectivity index (χ4n) is 3.72. The van der Waals surface area contributed by atoms with Gasteiger partial charge in [0.2, 0.25) is 0 Å². The van der Waals surface area contributed by atoms with E-state index in [0.717, 1.165) is 32.5 Å². The number of hydrogen-bond donors (Lipinski definition) is 1. The van der Waals surface area contributed by atoms with E-state index in [1.54, 1.807) is 0 Å². The minimum absolute atomic E-state index is 0.154. The van der Waals surface area contributed by atoms with Gasteiger partial charge in [-0.3, -0.25) is 0 Å². The van der Waals surface area contributed by atoms with E-state index in [1.807, 2.05) is 25.7 Å². The molecule has 0 atom stereocenters. The number of hydrogen-bond acceptors (Lipinski definition) is 4. The van der Waals surface area contributed by atoms with Crippen LogP contribution in [-0.4, -0.2) is 66.8 Å². The van der Waals surface area contributed by atoms with Crippen LogP contribution in [0.1, 0.15) is 66.2 Å². The van der Waals surface area contributed by atoms with Crippen LogP contribution in [0.4, 0.5) is 4.79 Å². The summed E-state index contributed by atoms with van der Waals surface area (Å²) in [5.41, 5.74) is -0.401. The lowest BCUT2D eigenvalue weighted by Crippen LogP contribution is -2.46. The van der Waals surface area contributed by atoms with Gasteiger partial charge in [-0.15, -0.1) is 0 Å². The van der Waals surface area contributed by atoms with Crippen LogP contribution in [0.5, 0.6) is 0 Å². The molecule has 1 amide bonds. The summed E-state index contributed by atoms with van der Waals surface area (Å²) in [6.45, 7) is 14.6. The second-order valence-corrected chi connectivity index (χ2v) is 8.79. The molecule has 0 bridgehead atoms. The van der Waals surface area contributed by atoms with Gasteiger partial charge in [0.05, 0.1) is 0 Å². The SMILES string of the molecule is CCCCN1CCC(NCC2CCN(C(=O)OC(C)(C)C)CC2)CC1. The molecule has 2 aliphatic heterocycles. The van der Waals surface area contributed by atoms with Crippen LogP contribution in [0, 0.1) is 5.92 Å². The first-order valence-electron chi connectivity index (χ1n) is 10.3. The van der Waals surface area contributed by atoms with E-state index < -0.39 is 5.60 Å². The van der Waals surface area contributed by atoms with Gasteiger partial charge in [-0.2, -0.15) is 0 Å². The Labute approximate surface area is 154 Å². The first kappa shape index (κ1) is 20.5. The molecule has 2 fully saturated rings. The number of nitrogens with one attached hydrogen (secondary N) is 1. The molecule has 0 aromatic carbocycles. The second kappa shape index (κ2) is 9.77. The van der Waals surface area contributed by atoms with Crippen molar-refractivity contribution in [1.29, 1.82) is 0 Å². The van der Waals surface area contributed by atoms with Gasteiger partial charge in [0.1, 0.15) is 5.60 Å². The lowest BCUT2D eigenvalue weighted by molar-refractivity contribution is 0.0182. The molecule has 2 saturated heterocycles. The van der Waals surface area contributed by atoms with E-state index >= 15 is 0 Å². The van der Waals surface area contributed by atoms with Crippen molar-refractivity contribution < 1.29 is 9.53 Å². The number of carbonyl (C=O) groups is 1. The second-order valence-electron chi connectivity index (χ2n) is 8.79. The van der Waals surface area contributed by atoms with Crippen molar-refractivity contribution in [3.05, 3.63) is 0 Å². The molecule has 0 spiro atoms. The molecule has 2 heterocycles. The van der Waals surface area contributed by atoms with Crippen LogP contribution in [0.3, 0.4) is 0 Å². The third-order valence-corrected chi connectivity index (χ3v) is 5.38. The highest BCUT2D eigenvalue weighted by Gasteiger charge is 2.27. The molecule has 5 nitrogen and oxygen atoms in total. The predicted octanol–water partition coefficient (Wildman–Crippen LogP) is 3.49. The van der Waals surface area contributed by atoms with Crippen LogP contribution in [0.25, 0.3) is 0 Å². The highest BCUT2D eigenvalue weighted by Crippen LogP contribution is 2.20. The average Bonchev–Trinajstić information content (AvgIpc) is 2.58. The molecule has 2 aliphatic rings. The summed E-state index contributed by atoms with van der Waals surface area (Å²) < 4.78 is 5.47. The van der Waals surface area contributed by atoms with Crippen LogP contribution < -0.4 is 5.32 Å². The van der Waals surface area contributed by atoms with Crippen molar-refractivity contribution in [2.24, 2.45) is 5.92 Å². The highest BCUT2D eigenvalue weighted by molar-refractivity contribution is 5.68. The molecular formula is C20H39N3O2. The molecule has 0 aromatic rings. The molecule has 5 heteroatoms.